The molecule has 22 heavy (non-hydrogen) atoms. The molecule has 0 heterocycles. The second kappa shape index (κ2) is 8.25. The smallest absolute Gasteiger partial charge is 0.238 e. The zero-order chi connectivity index (χ0) is 15.8. The predicted octanol–water partition coefficient (Wildman–Crippen LogP) is 5.06. The fourth-order valence-electron chi connectivity index (χ4n) is 2.54. The normalized spacial score (nSPS) is 11.4. The summed E-state index contributed by atoms with van der Waals surface area (Å²) in [4.78, 5) is 12.5. The van der Waals surface area contributed by atoms with Gasteiger partial charge in [-0.05, 0) is 33.5 Å². The van der Waals surface area contributed by atoms with Gasteiger partial charge < -0.3 is 4.74 Å². The first-order valence-corrected chi connectivity index (χ1v) is 8.46. The van der Waals surface area contributed by atoms with E-state index in [1.807, 2.05) is 60.7 Å². The van der Waals surface area contributed by atoms with Gasteiger partial charge in [0.05, 0.1) is 0 Å². The van der Waals surface area contributed by atoms with Crippen LogP contribution in [0.5, 0.6) is 0 Å². The molecule has 0 aromatic heterocycles. The van der Waals surface area contributed by atoms with Crippen molar-refractivity contribution in [2.75, 3.05) is 6.61 Å². The van der Waals surface area contributed by atoms with Gasteiger partial charge in [0.25, 0.3) is 0 Å². The Balaban J connectivity index is 2.44. The summed E-state index contributed by atoms with van der Waals surface area (Å²) in [5, 5.41) is 0. The average molecular weight is 361 g/mol. The van der Waals surface area contributed by atoms with Gasteiger partial charge >= 0.3 is 0 Å². The molecule has 2 nitrogen and oxygen atoms in total. The third-order valence-electron chi connectivity index (χ3n) is 3.70. The number of ether oxygens (including phenoxy) is 1. The summed E-state index contributed by atoms with van der Waals surface area (Å²) in [6.07, 6.45) is 3.16. The number of carbonyl (C=O) groups excluding carboxylic acids is 1. The predicted molar refractivity (Wildman–Crippen MR) is 93.1 cm³/mol. The first-order valence-electron chi connectivity index (χ1n) is 7.66. The Labute approximate surface area is 140 Å². The van der Waals surface area contributed by atoms with E-state index in [0.717, 1.165) is 30.4 Å². The maximum absolute atomic E-state index is 12.5. The molecule has 0 N–H and O–H groups in total. The minimum Gasteiger partial charge on any atom is -0.357 e. The van der Waals surface area contributed by atoms with Crippen LogP contribution in [0.1, 0.15) is 37.3 Å². The number of hydrogen-bond donors (Lipinski definition) is 0. The molecular formula is C19H21BrO2. The minimum atomic E-state index is -1.09. The number of hydrogen-bond acceptors (Lipinski definition) is 2. The van der Waals surface area contributed by atoms with Crippen molar-refractivity contribution in [1.29, 1.82) is 0 Å². The third kappa shape index (κ3) is 3.65. The lowest BCUT2D eigenvalue weighted by atomic mass is 9.87. The number of unbranched alkanes of at least 4 members (excludes halogenated alkanes) is 2. The largest absolute Gasteiger partial charge is 0.357 e. The van der Waals surface area contributed by atoms with Crippen molar-refractivity contribution in [2.45, 2.75) is 31.8 Å². The Morgan fingerprint density at radius 1 is 0.955 bits per heavy atom. The van der Waals surface area contributed by atoms with E-state index < -0.39 is 5.60 Å². The molecule has 0 bridgehead atoms. The van der Waals surface area contributed by atoms with Crippen LogP contribution in [0, 0.1) is 0 Å². The Hall–Kier alpha value is -1.45. The van der Waals surface area contributed by atoms with Crippen molar-refractivity contribution in [3.8, 4) is 0 Å². The summed E-state index contributed by atoms with van der Waals surface area (Å²) < 4.78 is 6.00. The summed E-state index contributed by atoms with van der Waals surface area (Å²) in [5.41, 5.74) is 0.607. The molecule has 0 atom stereocenters. The molecule has 0 amide bonds. The van der Waals surface area contributed by atoms with Gasteiger partial charge in [0.1, 0.15) is 0 Å². The zero-order valence-corrected chi connectivity index (χ0v) is 14.4. The maximum Gasteiger partial charge on any atom is 0.238 e. The van der Waals surface area contributed by atoms with Crippen LogP contribution in [0.25, 0.3) is 0 Å². The molecule has 3 heteroatoms. The van der Waals surface area contributed by atoms with Crippen molar-refractivity contribution in [3.05, 3.63) is 71.8 Å². The van der Waals surface area contributed by atoms with Crippen LogP contribution in [0.2, 0.25) is 0 Å². The van der Waals surface area contributed by atoms with Crippen LogP contribution >= 0.6 is 15.9 Å². The molecule has 2 aromatic rings. The summed E-state index contributed by atoms with van der Waals surface area (Å²) in [6, 6.07) is 19.3. The monoisotopic (exact) mass is 360 g/mol. The quantitative estimate of drug-likeness (QED) is 0.485. The van der Waals surface area contributed by atoms with Crippen LogP contribution < -0.4 is 0 Å². The molecule has 0 saturated carbocycles. The van der Waals surface area contributed by atoms with Gasteiger partial charge in [-0.2, -0.15) is 0 Å². The van der Waals surface area contributed by atoms with Crippen molar-refractivity contribution in [2.24, 2.45) is 0 Å². The van der Waals surface area contributed by atoms with Gasteiger partial charge in [0, 0.05) is 6.61 Å². The fourth-order valence-corrected chi connectivity index (χ4v) is 3.11. The van der Waals surface area contributed by atoms with E-state index >= 15 is 0 Å². The van der Waals surface area contributed by atoms with Gasteiger partial charge in [0.2, 0.25) is 4.69 Å². The number of carbonyl (C=O) groups is 1. The van der Waals surface area contributed by atoms with Crippen LogP contribution in [0.15, 0.2) is 60.7 Å². The van der Waals surface area contributed by atoms with Crippen LogP contribution in [-0.4, -0.2) is 11.3 Å². The molecule has 0 saturated heterocycles. The summed E-state index contributed by atoms with van der Waals surface area (Å²) in [6.45, 7) is 2.70. The molecule has 0 unspecified atom stereocenters. The Morgan fingerprint density at radius 2 is 1.45 bits per heavy atom. The van der Waals surface area contributed by atoms with Gasteiger partial charge in [-0.1, -0.05) is 80.4 Å². The number of halogens is 1. The minimum absolute atomic E-state index is 0.172. The Bertz CT molecular complexity index is 541. The van der Waals surface area contributed by atoms with E-state index in [9.17, 15) is 4.79 Å². The van der Waals surface area contributed by atoms with E-state index in [1.165, 1.54) is 0 Å². The van der Waals surface area contributed by atoms with Crippen molar-refractivity contribution < 1.29 is 9.53 Å². The third-order valence-corrected chi connectivity index (χ3v) is 4.26. The van der Waals surface area contributed by atoms with Gasteiger partial charge in [-0.3, -0.25) is 4.79 Å². The fraction of sp³-hybridized carbons (Fsp3) is 0.316. The molecule has 0 aliphatic rings. The number of benzene rings is 2. The molecule has 116 valence electrons. The molecule has 0 aliphatic carbocycles. The van der Waals surface area contributed by atoms with Gasteiger partial charge in [-0.25, -0.2) is 0 Å². The zero-order valence-electron chi connectivity index (χ0n) is 12.8. The highest BCUT2D eigenvalue weighted by Crippen LogP contribution is 2.37. The SMILES string of the molecule is CCCCCOC(C(=O)Br)(c1ccccc1)c1ccccc1. The Kier molecular flexibility index (Phi) is 6.34. The summed E-state index contributed by atoms with van der Waals surface area (Å²) >= 11 is 3.18. The highest BCUT2D eigenvalue weighted by Gasteiger charge is 2.41. The average Bonchev–Trinajstić information content (AvgIpc) is 2.56. The van der Waals surface area contributed by atoms with E-state index in [1.54, 1.807) is 0 Å². The highest BCUT2D eigenvalue weighted by atomic mass is 79.9. The summed E-state index contributed by atoms with van der Waals surface area (Å²) in [5.74, 6) is 0. The highest BCUT2D eigenvalue weighted by molar-refractivity contribution is 9.18. The molecule has 0 fully saturated rings. The summed E-state index contributed by atoms with van der Waals surface area (Å²) in [7, 11) is 0. The molecule has 2 aromatic carbocycles. The lowest BCUT2D eigenvalue weighted by Crippen LogP contribution is -2.37. The van der Waals surface area contributed by atoms with Crippen LogP contribution in [0.4, 0.5) is 0 Å². The molecule has 2 rings (SSSR count). The first kappa shape index (κ1) is 16.9. The molecular weight excluding hydrogens is 340 g/mol. The van der Waals surface area contributed by atoms with E-state index in [4.69, 9.17) is 4.74 Å². The lowest BCUT2D eigenvalue weighted by molar-refractivity contribution is -0.130. The maximum atomic E-state index is 12.5. The molecule has 0 spiro atoms. The van der Waals surface area contributed by atoms with E-state index in [0.29, 0.717) is 6.61 Å². The second-order valence-electron chi connectivity index (χ2n) is 5.24. The molecule has 0 aliphatic heterocycles. The lowest BCUT2D eigenvalue weighted by Gasteiger charge is -2.31. The molecule has 0 radical (unpaired) electrons. The van der Waals surface area contributed by atoms with Crippen molar-refractivity contribution >= 4 is 20.6 Å². The van der Waals surface area contributed by atoms with E-state index in [2.05, 4.69) is 22.9 Å². The Morgan fingerprint density at radius 3 is 1.86 bits per heavy atom. The van der Waals surface area contributed by atoms with Gasteiger partial charge in [-0.15, -0.1) is 0 Å². The second-order valence-corrected chi connectivity index (χ2v) is 5.96. The van der Waals surface area contributed by atoms with Crippen molar-refractivity contribution in [3.63, 3.8) is 0 Å². The number of rotatable bonds is 8. The topological polar surface area (TPSA) is 26.3 Å². The van der Waals surface area contributed by atoms with E-state index in [-0.39, 0.29) is 4.69 Å². The van der Waals surface area contributed by atoms with Crippen molar-refractivity contribution in [1.82, 2.24) is 0 Å². The standard InChI is InChI=1S/C19H21BrO2/c1-2-3-10-15-22-19(18(20)21,16-11-6-4-7-12-16)17-13-8-5-9-14-17/h4-9,11-14H,2-3,10,15H2,1H3. The first-order chi connectivity index (χ1) is 10.7. The van der Waals surface area contributed by atoms with Crippen LogP contribution in [-0.2, 0) is 15.1 Å². The van der Waals surface area contributed by atoms with Gasteiger partial charge in [0.15, 0.2) is 5.60 Å². The van der Waals surface area contributed by atoms with Crippen LogP contribution in [0.3, 0.4) is 0 Å².